The summed E-state index contributed by atoms with van der Waals surface area (Å²) in [6.07, 6.45) is 4.05. The fourth-order valence-electron chi connectivity index (χ4n) is 2.35. The number of hydrogen-bond acceptors (Lipinski definition) is 4. The molecule has 0 radical (unpaired) electrons. The Morgan fingerprint density at radius 1 is 1.42 bits per heavy atom. The number of anilines is 1. The van der Waals surface area contributed by atoms with Crippen LogP contribution in [-0.4, -0.2) is 48.0 Å². The lowest BCUT2D eigenvalue weighted by Gasteiger charge is -2.32. The van der Waals surface area contributed by atoms with Crippen molar-refractivity contribution in [2.45, 2.75) is 25.8 Å². The lowest BCUT2D eigenvalue weighted by Crippen LogP contribution is -2.42. The maximum absolute atomic E-state index is 10.8. The van der Waals surface area contributed by atoms with Gasteiger partial charge in [-0.25, -0.2) is 4.98 Å². The second-order valence-corrected chi connectivity index (χ2v) is 4.96. The molecule has 2 N–H and O–H groups in total. The van der Waals surface area contributed by atoms with E-state index in [-0.39, 0.29) is 5.91 Å². The molecule has 1 aliphatic rings. The second-order valence-electron chi connectivity index (χ2n) is 4.96. The van der Waals surface area contributed by atoms with Gasteiger partial charge in [0.05, 0.1) is 0 Å². The van der Waals surface area contributed by atoms with Crippen molar-refractivity contribution in [2.75, 3.05) is 31.5 Å². The van der Waals surface area contributed by atoms with E-state index in [2.05, 4.69) is 20.5 Å². The van der Waals surface area contributed by atoms with Gasteiger partial charge in [-0.2, -0.15) is 0 Å². The van der Waals surface area contributed by atoms with Gasteiger partial charge < -0.3 is 15.5 Å². The molecule has 1 saturated heterocycles. The minimum absolute atomic E-state index is 0.0479. The first-order valence-corrected chi connectivity index (χ1v) is 6.88. The van der Waals surface area contributed by atoms with E-state index >= 15 is 0 Å². The van der Waals surface area contributed by atoms with E-state index in [1.807, 2.05) is 24.4 Å². The number of likely N-dealkylation sites (tertiary alicyclic amines) is 1. The van der Waals surface area contributed by atoms with Crippen molar-refractivity contribution in [3.63, 3.8) is 0 Å². The molecule has 1 fully saturated rings. The number of piperidine rings is 1. The molecule has 2 heterocycles. The van der Waals surface area contributed by atoms with Gasteiger partial charge in [-0.15, -0.1) is 0 Å². The number of carbonyl (C=O) groups is 1. The molecule has 0 aliphatic carbocycles. The predicted octanol–water partition coefficient (Wildman–Crippen LogP) is 1.09. The van der Waals surface area contributed by atoms with Crippen LogP contribution in [0.15, 0.2) is 24.4 Å². The standard InChI is InChI=1S/C14H22N4O/c1-12(19)15-8-11-18-9-5-13(6-10-18)17-14-4-2-3-7-16-14/h2-4,7,13H,5-6,8-11H2,1H3,(H,15,19)(H,16,17). The van der Waals surface area contributed by atoms with Crippen LogP contribution >= 0.6 is 0 Å². The summed E-state index contributed by atoms with van der Waals surface area (Å²) in [7, 11) is 0. The number of amides is 1. The normalized spacial score (nSPS) is 17.1. The quantitative estimate of drug-likeness (QED) is 0.834. The molecule has 0 atom stereocenters. The first-order valence-electron chi connectivity index (χ1n) is 6.88. The fraction of sp³-hybridized carbons (Fsp3) is 0.571. The van der Waals surface area contributed by atoms with E-state index in [1.165, 1.54) is 0 Å². The summed E-state index contributed by atoms with van der Waals surface area (Å²) in [5, 5.41) is 6.31. The van der Waals surface area contributed by atoms with Gasteiger partial charge in [0.15, 0.2) is 0 Å². The summed E-state index contributed by atoms with van der Waals surface area (Å²) >= 11 is 0. The van der Waals surface area contributed by atoms with Gasteiger partial charge in [-0.3, -0.25) is 4.79 Å². The smallest absolute Gasteiger partial charge is 0.216 e. The Labute approximate surface area is 114 Å². The molecule has 1 aromatic heterocycles. The molecular formula is C14H22N4O. The van der Waals surface area contributed by atoms with Crippen LogP contribution in [0.2, 0.25) is 0 Å². The molecule has 5 nitrogen and oxygen atoms in total. The van der Waals surface area contributed by atoms with Crippen molar-refractivity contribution in [1.29, 1.82) is 0 Å². The van der Waals surface area contributed by atoms with Crippen LogP contribution < -0.4 is 10.6 Å². The fourth-order valence-corrected chi connectivity index (χ4v) is 2.35. The van der Waals surface area contributed by atoms with Crippen LogP contribution in [-0.2, 0) is 4.79 Å². The molecule has 0 saturated carbocycles. The zero-order valence-electron chi connectivity index (χ0n) is 11.4. The molecule has 1 aromatic rings. The first-order chi connectivity index (χ1) is 9.24. The Hall–Kier alpha value is -1.62. The van der Waals surface area contributed by atoms with Crippen LogP contribution in [0.3, 0.4) is 0 Å². The Kier molecular flexibility index (Phi) is 5.15. The monoisotopic (exact) mass is 262 g/mol. The van der Waals surface area contributed by atoms with Crippen molar-refractivity contribution in [1.82, 2.24) is 15.2 Å². The highest BCUT2D eigenvalue weighted by molar-refractivity contribution is 5.72. The van der Waals surface area contributed by atoms with E-state index in [4.69, 9.17) is 0 Å². The summed E-state index contributed by atoms with van der Waals surface area (Å²) in [5.41, 5.74) is 0. The van der Waals surface area contributed by atoms with E-state index in [0.717, 1.165) is 44.8 Å². The maximum atomic E-state index is 10.8. The molecule has 2 rings (SSSR count). The SMILES string of the molecule is CC(=O)NCCN1CCC(Nc2ccccn2)CC1. The topological polar surface area (TPSA) is 57.3 Å². The zero-order chi connectivity index (χ0) is 13.5. The number of hydrogen-bond donors (Lipinski definition) is 2. The predicted molar refractivity (Wildman–Crippen MR) is 76.0 cm³/mol. The van der Waals surface area contributed by atoms with Gasteiger partial charge in [0.2, 0.25) is 5.91 Å². The Bertz CT molecular complexity index is 388. The molecule has 1 amide bonds. The first kappa shape index (κ1) is 13.8. The van der Waals surface area contributed by atoms with Crippen LogP contribution in [0.25, 0.3) is 0 Å². The molecule has 104 valence electrons. The maximum Gasteiger partial charge on any atom is 0.216 e. The lowest BCUT2D eigenvalue weighted by atomic mass is 10.1. The van der Waals surface area contributed by atoms with Crippen molar-refractivity contribution in [3.05, 3.63) is 24.4 Å². The summed E-state index contributed by atoms with van der Waals surface area (Å²) in [6.45, 7) is 5.39. The van der Waals surface area contributed by atoms with E-state index in [9.17, 15) is 4.79 Å². The Morgan fingerprint density at radius 2 is 2.21 bits per heavy atom. The van der Waals surface area contributed by atoms with Crippen molar-refractivity contribution >= 4 is 11.7 Å². The summed E-state index contributed by atoms with van der Waals surface area (Å²) < 4.78 is 0. The van der Waals surface area contributed by atoms with Gasteiger partial charge >= 0.3 is 0 Å². The third kappa shape index (κ3) is 4.87. The Morgan fingerprint density at radius 3 is 2.84 bits per heavy atom. The number of pyridine rings is 1. The summed E-state index contributed by atoms with van der Waals surface area (Å²) in [5.74, 6) is 1.01. The molecule has 19 heavy (non-hydrogen) atoms. The molecule has 1 aliphatic heterocycles. The summed E-state index contributed by atoms with van der Waals surface area (Å²) in [4.78, 5) is 17.5. The molecule has 0 unspecified atom stereocenters. The second kappa shape index (κ2) is 7.09. The average Bonchev–Trinajstić information content (AvgIpc) is 2.42. The Balaban J connectivity index is 1.66. The third-order valence-corrected chi connectivity index (χ3v) is 3.41. The number of carbonyl (C=O) groups excluding carboxylic acids is 1. The number of nitrogens with one attached hydrogen (secondary N) is 2. The van der Waals surface area contributed by atoms with E-state index < -0.39 is 0 Å². The average molecular weight is 262 g/mol. The van der Waals surface area contributed by atoms with Crippen molar-refractivity contribution in [2.24, 2.45) is 0 Å². The lowest BCUT2D eigenvalue weighted by molar-refractivity contribution is -0.119. The molecule has 5 heteroatoms. The number of rotatable bonds is 5. The van der Waals surface area contributed by atoms with Crippen LogP contribution in [0.5, 0.6) is 0 Å². The van der Waals surface area contributed by atoms with Gasteiger partial charge in [0.25, 0.3) is 0 Å². The van der Waals surface area contributed by atoms with Crippen LogP contribution in [0, 0.1) is 0 Å². The van der Waals surface area contributed by atoms with Crippen LogP contribution in [0.4, 0.5) is 5.82 Å². The van der Waals surface area contributed by atoms with E-state index in [1.54, 1.807) is 6.92 Å². The number of aromatic nitrogens is 1. The molecular weight excluding hydrogens is 240 g/mol. The third-order valence-electron chi connectivity index (χ3n) is 3.41. The highest BCUT2D eigenvalue weighted by atomic mass is 16.1. The summed E-state index contributed by atoms with van der Waals surface area (Å²) in [6, 6.07) is 6.43. The van der Waals surface area contributed by atoms with Crippen molar-refractivity contribution in [3.8, 4) is 0 Å². The molecule has 0 bridgehead atoms. The largest absolute Gasteiger partial charge is 0.367 e. The zero-order valence-corrected chi connectivity index (χ0v) is 11.4. The van der Waals surface area contributed by atoms with Crippen molar-refractivity contribution < 1.29 is 4.79 Å². The van der Waals surface area contributed by atoms with Crippen LogP contribution in [0.1, 0.15) is 19.8 Å². The highest BCUT2D eigenvalue weighted by Gasteiger charge is 2.18. The van der Waals surface area contributed by atoms with Gasteiger partial charge in [-0.05, 0) is 25.0 Å². The molecule has 0 aromatic carbocycles. The van der Waals surface area contributed by atoms with E-state index in [0.29, 0.717) is 6.04 Å². The van der Waals surface area contributed by atoms with Gasteiger partial charge in [0.1, 0.15) is 5.82 Å². The minimum atomic E-state index is 0.0479. The molecule has 0 spiro atoms. The minimum Gasteiger partial charge on any atom is -0.367 e. The van der Waals surface area contributed by atoms with Gasteiger partial charge in [0, 0.05) is 45.3 Å². The highest BCUT2D eigenvalue weighted by Crippen LogP contribution is 2.14. The van der Waals surface area contributed by atoms with Gasteiger partial charge in [-0.1, -0.05) is 6.07 Å². The number of nitrogens with zero attached hydrogens (tertiary/aromatic N) is 2.